The van der Waals surface area contributed by atoms with E-state index in [1.165, 1.54) is 0 Å². The van der Waals surface area contributed by atoms with Crippen LogP contribution in [0.25, 0.3) is 0 Å². The van der Waals surface area contributed by atoms with Gasteiger partial charge in [-0.05, 0) is 31.4 Å². The van der Waals surface area contributed by atoms with Gasteiger partial charge in [0.2, 0.25) is 5.91 Å². The molecule has 1 N–H and O–H groups in total. The van der Waals surface area contributed by atoms with E-state index in [9.17, 15) is 4.79 Å². The number of pyridine rings is 1. The lowest BCUT2D eigenvalue weighted by Gasteiger charge is -2.36. The van der Waals surface area contributed by atoms with Gasteiger partial charge in [-0.1, -0.05) is 19.9 Å². The Hall–Kier alpha value is -1.62. The smallest absolute Gasteiger partial charge is 0.226 e. The van der Waals surface area contributed by atoms with Gasteiger partial charge in [-0.25, -0.2) is 4.98 Å². The first-order valence-corrected chi connectivity index (χ1v) is 8.86. The molecule has 23 heavy (non-hydrogen) atoms. The molecule has 0 spiro atoms. The molecule has 1 amide bonds. The molecule has 2 aliphatic rings. The monoisotopic (exact) mass is 316 g/mol. The zero-order valence-electron chi connectivity index (χ0n) is 14.3. The number of carbonyl (C=O) groups is 1. The number of anilines is 1. The molecule has 2 aliphatic heterocycles. The molecule has 126 valence electrons. The highest BCUT2D eigenvalue weighted by atomic mass is 16.2. The maximum atomic E-state index is 12.3. The van der Waals surface area contributed by atoms with Crippen LogP contribution in [0, 0.1) is 5.41 Å². The largest absolute Gasteiger partial charge is 0.354 e. The molecule has 2 fully saturated rings. The highest BCUT2D eigenvalue weighted by Crippen LogP contribution is 2.37. The van der Waals surface area contributed by atoms with Gasteiger partial charge in [-0.15, -0.1) is 0 Å². The van der Waals surface area contributed by atoms with Crippen LogP contribution in [0.3, 0.4) is 0 Å². The predicted octanol–water partition coefficient (Wildman–Crippen LogP) is 1.90. The van der Waals surface area contributed by atoms with E-state index >= 15 is 0 Å². The molecule has 5 heteroatoms. The summed E-state index contributed by atoms with van der Waals surface area (Å²) in [5, 5.41) is 3.23. The molecular weight excluding hydrogens is 288 g/mol. The van der Waals surface area contributed by atoms with Crippen molar-refractivity contribution in [2.45, 2.75) is 39.2 Å². The average molecular weight is 316 g/mol. The number of aromatic nitrogens is 1. The minimum atomic E-state index is -0.125. The Morgan fingerprint density at radius 1 is 1.22 bits per heavy atom. The van der Waals surface area contributed by atoms with Crippen molar-refractivity contribution in [3.8, 4) is 0 Å². The highest BCUT2D eigenvalue weighted by Gasteiger charge is 2.44. The molecule has 1 aromatic rings. The van der Waals surface area contributed by atoms with Gasteiger partial charge in [0.25, 0.3) is 0 Å². The summed E-state index contributed by atoms with van der Waals surface area (Å²) in [5.41, 5.74) is -0.125. The summed E-state index contributed by atoms with van der Waals surface area (Å²) < 4.78 is 0. The fourth-order valence-corrected chi connectivity index (χ4v) is 3.94. The van der Waals surface area contributed by atoms with E-state index in [1.807, 2.05) is 18.3 Å². The molecule has 0 unspecified atom stereocenters. The topological polar surface area (TPSA) is 48.5 Å². The minimum Gasteiger partial charge on any atom is -0.354 e. The van der Waals surface area contributed by atoms with Gasteiger partial charge in [0, 0.05) is 45.0 Å². The van der Waals surface area contributed by atoms with Crippen LogP contribution in [0.5, 0.6) is 0 Å². The van der Waals surface area contributed by atoms with Gasteiger partial charge in [-0.2, -0.15) is 0 Å². The summed E-state index contributed by atoms with van der Waals surface area (Å²) in [7, 11) is 0. The first-order chi connectivity index (χ1) is 11.2. The molecule has 0 saturated carbocycles. The number of rotatable bonds is 5. The van der Waals surface area contributed by atoms with Crippen molar-refractivity contribution in [3.05, 3.63) is 24.4 Å². The maximum Gasteiger partial charge on any atom is 0.226 e. The van der Waals surface area contributed by atoms with Crippen LogP contribution >= 0.6 is 0 Å². The van der Waals surface area contributed by atoms with Gasteiger partial charge < -0.3 is 10.2 Å². The Kier molecular flexibility index (Phi) is 4.85. The van der Waals surface area contributed by atoms with Crippen LogP contribution in [-0.4, -0.2) is 54.6 Å². The molecule has 0 aliphatic carbocycles. The summed E-state index contributed by atoms with van der Waals surface area (Å²) in [6, 6.07) is 6.38. The number of carbonyl (C=O) groups excluding carboxylic acids is 1. The van der Waals surface area contributed by atoms with Crippen molar-refractivity contribution >= 4 is 11.7 Å². The second-order valence-electron chi connectivity index (χ2n) is 6.84. The van der Waals surface area contributed by atoms with Crippen molar-refractivity contribution in [2.24, 2.45) is 5.41 Å². The Labute approximate surface area is 139 Å². The van der Waals surface area contributed by atoms with Crippen LogP contribution in [0.15, 0.2) is 24.4 Å². The van der Waals surface area contributed by atoms with E-state index in [-0.39, 0.29) is 11.3 Å². The van der Waals surface area contributed by atoms with Gasteiger partial charge in [0.05, 0.1) is 5.41 Å². The molecular formula is C18H28N4O. The third-order valence-electron chi connectivity index (χ3n) is 5.63. The van der Waals surface area contributed by atoms with Gasteiger partial charge in [0.1, 0.15) is 5.82 Å². The van der Waals surface area contributed by atoms with E-state index in [0.29, 0.717) is 6.04 Å². The van der Waals surface area contributed by atoms with Crippen LogP contribution < -0.4 is 10.2 Å². The molecule has 1 atom stereocenters. The number of nitrogens with one attached hydrogen (secondary N) is 1. The van der Waals surface area contributed by atoms with Crippen molar-refractivity contribution in [1.29, 1.82) is 0 Å². The summed E-state index contributed by atoms with van der Waals surface area (Å²) >= 11 is 0. The standard InChI is InChI=1S/C18H28N4O/c1-3-18(4-2)13-15(20-17(18)23)14-21-9-11-22(12-10-21)16-7-5-6-8-19-16/h5-8,15H,3-4,9-14H2,1-2H3,(H,20,23)/t15-/m1/s1. The zero-order chi connectivity index (χ0) is 16.3. The molecule has 0 aromatic carbocycles. The summed E-state index contributed by atoms with van der Waals surface area (Å²) in [5.74, 6) is 1.33. The van der Waals surface area contributed by atoms with Crippen molar-refractivity contribution in [3.63, 3.8) is 0 Å². The average Bonchev–Trinajstić information content (AvgIpc) is 2.92. The fourth-order valence-electron chi connectivity index (χ4n) is 3.94. The molecule has 3 heterocycles. The lowest BCUT2D eigenvalue weighted by molar-refractivity contribution is -0.128. The van der Waals surface area contributed by atoms with E-state index in [4.69, 9.17) is 0 Å². The second kappa shape index (κ2) is 6.87. The Bertz CT molecular complexity index is 521. The SMILES string of the molecule is CCC1(CC)C[C@H](CN2CCN(c3ccccn3)CC2)NC1=O. The van der Waals surface area contributed by atoms with Gasteiger partial charge >= 0.3 is 0 Å². The molecule has 3 rings (SSSR count). The zero-order valence-corrected chi connectivity index (χ0v) is 14.3. The predicted molar refractivity (Wildman–Crippen MR) is 92.5 cm³/mol. The maximum absolute atomic E-state index is 12.3. The van der Waals surface area contributed by atoms with Crippen LogP contribution in [-0.2, 0) is 4.79 Å². The van der Waals surface area contributed by atoms with Crippen LogP contribution in [0.2, 0.25) is 0 Å². The molecule has 1 aromatic heterocycles. The van der Waals surface area contributed by atoms with Crippen molar-refractivity contribution in [2.75, 3.05) is 37.6 Å². The quantitative estimate of drug-likeness (QED) is 0.901. The summed E-state index contributed by atoms with van der Waals surface area (Å²) in [6.07, 6.45) is 4.72. The first-order valence-electron chi connectivity index (χ1n) is 8.86. The molecule has 0 radical (unpaired) electrons. The van der Waals surface area contributed by atoms with Crippen LogP contribution in [0.1, 0.15) is 33.1 Å². The highest BCUT2D eigenvalue weighted by molar-refractivity contribution is 5.85. The normalized spacial score (nSPS) is 24.7. The Balaban J connectivity index is 1.51. The van der Waals surface area contributed by atoms with Gasteiger partial charge in [0.15, 0.2) is 0 Å². The van der Waals surface area contributed by atoms with E-state index in [0.717, 1.165) is 57.8 Å². The van der Waals surface area contributed by atoms with E-state index < -0.39 is 0 Å². The molecule has 2 saturated heterocycles. The third-order valence-corrected chi connectivity index (χ3v) is 5.63. The molecule has 0 bridgehead atoms. The first kappa shape index (κ1) is 16.2. The number of hydrogen-bond donors (Lipinski definition) is 1. The van der Waals surface area contributed by atoms with E-state index in [1.54, 1.807) is 0 Å². The fraction of sp³-hybridized carbons (Fsp3) is 0.667. The number of piperazine rings is 1. The Morgan fingerprint density at radius 2 is 1.96 bits per heavy atom. The van der Waals surface area contributed by atoms with E-state index in [2.05, 4.69) is 40.0 Å². The number of amides is 1. The lowest BCUT2D eigenvalue weighted by Crippen LogP contribution is -2.50. The number of nitrogens with zero attached hydrogens (tertiary/aromatic N) is 3. The van der Waals surface area contributed by atoms with Crippen LogP contribution in [0.4, 0.5) is 5.82 Å². The minimum absolute atomic E-state index is 0.125. The van der Waals surface area contributed by atoms with Crippen molar-refractivity contribution < 1.29 is 4.79 Å². The second-order valence-corrected chi connectivity index (χ2v) is 6.84. The molecule has 5 nitrogen and oxygen atoms in total. The Morgan fingerprint density at radius 3 is 2.52 bits per heavy atom. The third kappa shape index (κ3) is 3.34. The lowest BCUT2D eigenvalue weighted by atomic mass is 9.79. The van der Waals surface area contributed by atoms with Crippen molar-refractivity contribution in [1.82, 2.24) is 15.2 Å². The summed E-state index contributed by atoms with van der Waals surface area (Å²) in [6.45, 7) is 9.33. The van der Waals surface area contributed by atoms with Gasteiger partial charge in [-0.3, -0.25) is 9.69 Å². The summed E-state index contributed by atoms with van der Waals surface area (Å²) in [4.78, 5) is 21.6. The number of hydrogen-bond acceptors (Lipinski definition) is 4.